The van der Waals surface area contributed by atoms with Gasteiger partial charge in [0.1, 0.15) is 0 Å². The molecule has 0 radical (unpaired) electrons. The molecule has 0 bridgehead atoms. The van der Waals surface area contributed by atoms with E-state index in [4.69, 9.17) is 11.2 Å². The molecule has 0 aliphatic heterocycles. The minimum absolute atomic E-state index is 0.0670. The van der Waals surface area contributed by atoms with Crippen LogP contribution >= 0.6 is 0 Å². The van der Waals surface area contributed by atoms with Crippen LogP contribution in [-0.4, -0.2) is 19.1 Å². The van der Waals surface area contributed by atoms with Crippen molar-refractivity contribution in [1.82, 2.24) is 0 Å². The maximum atomic E-state index is 11.4. The number of carbonyl (C=O) groups excluding carboxylic acids is 1. The Kier molecular flexibility index (Phi) is 5.10. The summed E-state index contributed by atoms with van der Waals surface area (Å²) in [5.74, 6) is 2.45. The number of ether oxygens (including phenoxy) is 1. The molecule has 84 valence electrons. The number of hydrogen-bond acceptors (Lipinski definition) is 2. The topological polar surface area (TPSA) is 38.3 Å². The third-order valence-electron chi connectivity index (χ3n) is 1.99. The Bertz CT molecular complexity index is 393. The lowest BCUT2D eigenvalue weighted by molar-refractivity contribution is -0.117. The Balaban J connectivity index is 2.47. The lowest BCUT2D eigenvalue weighted by Crippen LogP contribution is -2.14. The lowest BCUT2D eigenvalue weighted by atomic mass is 10.2. The van der Waals surface area contributed by atoms with Crippen molar-refractivity contribution in [2.45, 2.75) is 13.3 Å². The van der Waals surface area contributed by atoms with E-state index in [0.29, 0.717) is 19.6 Å². The SMILES string of the molecule is C#Cc1cccc(NC(=O)CCOCC)c1. The molecule has 0 saturated heterocycles. The molecule has 1 N–H and O–H groups in total. The molecule has 0 spiro atoms. The Labute approximate surface area is 95.8 Å². The van der Waals surface area contributed by atoms with Crippen molar-refractivity contribution in [1.29, 1.82) is 0 Å². The average molecular weight is 217 g/mol. The normalized spacial score (nSPS) is 9.50. The Morgan fingerprint density at radius 3 is 3.06 bits per heavy atom. The van der Waals surface area contributed by atoms with Crippen molar-refractivity contribution in [3.8, 4) is 12.3 Å². The summed E-state index contributed by atoms with van der Waals surface area (Å²) in [6.07, 6.45) is 5.62. The summed E-state index contributed by atoms with van der Waals surface area (Å²) in [6.45, 7) is 2.96. The number of benzene rings is 1. The second kappa shape index (κ2) is 6.65. The third kappa shape index (κ3) is 4.16. The zero-order valence-electron chi connectivity index (χ0n) is 9.32. The first kappa shape index (κ1) is 12.3. The summed E-state index contributed by atoms with van der Waals surface area (Å²) in [5.41, 5.74) is 1.47. The molecule has 0 aromatic heterocycles. The molecule has 3 heteroatoms. The number of terminal acetylenes is 1. The molecule has 0 atom stereocenters. The predicted molar refractivity (Wildman–Crippen MR) is 64.1 cm³/mol. The van der Waals surface area contributed by atoms with Crippen LogP contribution in [0.1, 0.15) is 18.9 Å². The molecule has 0 heterocycles. The van der Waals surface area contributed by atoms with E-state index < -0.39 is 0 Å². The quantitative estimate of drug-likeness (QED) is 0.605. The number of amides is 1. The molecule has 1 rings (SSSR count). The highest BCUT2D eigenvalue weighted by Gasteiger charge is 2.02. The highest BCUT2D eigenvalue weighted by atomic mass is 16.5. The smallest absolute Gasteiger partial charge is 0.226 e. The maximum Gasteiger partial charge on any atom is 0.226 e. The van der Waals surface area contributed by atoms with E-state index in [9.17, 15) is 4.79 Å². The van der Waals surface area contributed by atoms with E-state index in [1.807, 2.05) is 19.1 Å². The highest BCUT2D eigenvalue weighted by molar-refractivity contribution is 5.90. The second-order valence-electron chi connectivity index (χ2n) is 3.22. The van der Waals surface area contributed by atoms with Gasteiger partial charge in [0.15, 0.2) is 0 Å². The van der Waals surface area contributed by atoms with Gasteiger partial charge in [-0.05, 0) is 25.1 Å². The van der Waals surface area contributed by atoms with E-state index >= 15 is 0 Å². The lowest BCUT2D eigenvalue weighted by Gasteiger charge is -2.05. The number of nitrogens with one attached hydrogen (secondary N) is 1. The van der Waals surface area contributed by atoms with Crippen LogP contribution in [0.25, 0.3) is 0 Å². The summed E-state index contributed by atoms with van der Waals surface area (Å²) in [7, 11) is 0. The van der Waals surface area contributed by atoms with Gasteiger partial charge in [-0.1, -0.05) is 12.0 Å². The number of hydrogen-bond donors (Lipinski definition) is 1. The van der Waals surface area contributed by atoms with Crippen molar-refractivity contribution in [3.63, 3.8) is 0 Å². The van der Waals surface area contributed by atoms with Crippen molar-refractivity contribution in [2.75, 3.05) is 18.5 Å². The van der Waals surface area contributed by atoms with Gasteiger partial charge in [0.2, 0.25) is 5.91 Å². The molecule has 0 unspecified atom stereocenters. The van der Waals surface area contributed by atoms with E-state index in [-0.39, 0.29) is 5.91 Å². The van der Waals surface area contributed by atoms with Gasteiger partial charge < -0.3 is 10.1 Å². The van der Waals surface area contributed by atoms with Crippen LogP contribution in [0.2, 0.25) is 0 Å². The van der Waals surface area contributed by atoms with Crippen LogP contribution in [0.3, 0.4) is 0 Å². The molecule has 1 aromatic rings. The number of rotatable bonds is 5. The first-order valence-electron chi connectivity index (χ1n) is 5.20. The monoisotopic (exact) mass is 217 g/mol. The van der Waals surface area contributed by atoms with Crippen LogP contribution in [0.4, 0.5) is 5.69 Å². The van der Waals surface area contributed by atoms with Crippen LogP contribution in [0, 0.1) is 12.3 Å². The zero-order valence-corrected chi connectivity index (χ0v) is 9.32. The molecule has 0 fully saturated rings. The maximum absolute atomic E-state index is 11.4. The molecule has 0 saturated carbocycles. The molecule has 3 nitrogen and oxygen atoms in total. The van der Waals surface area contributed by atoms with Gasteiger partial charge in [-0.15, -0.1) is 6.42 Å². The van der Waals surface area contributed by atoms with Gasteiger partial charge in [-0.2, -0.15) is 0 Å². The van der Waals surface area contributed by atoms with E-state index in [2.05, 4.69) is 11.2 Å². The minimum Gasteiger partial charge on any atom is -0.381 e. The standard InChI is InChI=1S/C13H15NO2/c1-3-11-6-5-7-12(10-11)14-13(15)8-9-16-4-2/h1,5-7,10H,4,8-9H2,2H3,(H,14,15). The largest absolute Gasteiger partial charge is 0.381 e. The van der Waals surface area contributed by atoms with Gasteiger partial charge >= 0.3 is 0 Å². The predicted octanol–water partition coefficient (Wildman–Crippen LogP) is 2.03. The fraction of sp³-hybridized carbons (Fsp3) is 0.308. The van der Waals surface area contributed by atoms with Crippen LogP contribution in [0.5, 0.6) is 0 Å². The molecular formula is C13H15NO2. The number of carbonyl (C=O) groups is 1. The van der Waals surface area contributed by atoms with Gasteiger partial charge in [0, 0.05) is 17.9 Å². The van der Waals surface area contributed by atoms with Crippen molar-refractivity contribution in [3.05, 3.63) is 29.8 Å². The average Bonchev–Trinajstić information content (AvgIpc) is 2.29. The Morgan fingerprint density at radius 1 is 1.56 bits per heavy atom. The summed E-state index contributed by atoms with van der Waals surface area (Å²) >= 11 is 0. The second-order valence-corrected chi connectivity index (χ2v) is 3.22. The molecule has 0 aliphatic rings. The Morgan fingerprint density at radius 2 is 2.38 bits per heavy atom. The molecule has 16 heavy (non-hydrogen) atoms. The third-order valence-corrected chi connectivity index (χ3v) is 1.99. The highest BCUT2D eigenvalue weighted by Crippen LogP contribution is 2.09. The summed E-state index contributed by atoms with van der Waals surface area (Å²) < 4.78 is 5.09. The fourth-order valence-electron chi connectivity index (χ4n) is 1.22. The van der Waals surface area contributed by atoms with Crippen molar-refractivity contribution < 1.29 is 9.53 Å². The zero-order chi connectivity index (χ0) is 11.8. The Hall–Kier alpha value is -1.79. The first-order valence-corrected chi connectivity index (χ1v) is 5.20. The van der Waals surface area contributed by atoms with Crippen LogP contribution < -0.4 is 5.32 Å². The molecule has 1 aromatic carbocycles. The van der Waals surface area contributed by atoms with Gasteiger partial charge in [-0.3, -0.25) is 4.79 Å². The van der Waals surface area contributed by atoms with Crippen LogP contribution in [0.15, 0.2) is 24.3 Å². The summed E-state index contributed by atoms with van der Waals surface area (Å²) in [6, 6.07) is 7.20. The minimum atomic E-state index is -0.0670. The first-order chi connectivity index (χ1) is 7.76. The van der Waals surface area contributed by atoms with Crippen molar-refractivity contribution >= 4 is 11.6 Å². The summed E-state index contributed by atoms with van der Waals surface area (Å²) in [4.78, 5) is 11.4. The van der Waals surface area contributed by atoms with E-state index in [1.165, 1.54) is 0 Å². The van der Waals surface area contributed by atoms with Gasteiger partial charge in [-0.25, -0.2) is 0 Å². The molecule has 0 aliphatic carbocycles. The number of anilines is 1. The van der Waals surface area contributed by atoms with E-state index in [1.54, 1.807) is 12.1 Å². The van der Waals surface area contributed by atoms with E-state index in [0.717, 1.165) is 11.3 Å². The fourth-order valence-corrected chi connectivity index (χ4v) is 1.22. The van der Waals surface area contributed by atoms with Crippen LogP contribution in [-0.2, 0) is 9.53 Å². The van der Waals surface area contributed by atoms with Gasteiger partial charge in [0.05, 0.1) is 13.0 Å². The van der Waals surface area contributed by atoms with Crippen molar-refractivity contribution in [2.24, 2.45) is 0 Å². The molecular weight excluding hydrogens is 202 g/mol. The van der Waals surface area contributed by atoms with Gasteiger partial charge in [0.25, 0.3) is 0 Å². The molecule has 1 amide bonds. The summed E-state index contributed by atoms with van der Waals surface area (Å²) in [5, 5.41) is 2.76.